The van der Waals surface area contributed by atoms with E-state index in [1.165, 1.54) is 10.8 Å². The molecule has 0 aliphatic heterocycles. The molecule has 0 aliphatic rings. The van der Waals surface area contributed by atoms with Crippen LogP contribution in [0.1, 0.15) is 0 Å². The number of pyridine rings is 1. The molecule has 6 aromatic carbocycles. The standard InChI is InChI=1S/C37H20N4O/c1-2-12-23-21(10-1)22-11-3-4-13-24(22)33-28(23)20-39-37(40-33)41-29-17-7-5-14-25(29)31-27-16-9-19-38-34(27)36-32(35(31)41)26-15-6-8-18-30(26)42-36/h1-20H. The number of hydrogen-bond acceptors (Lipinski definition) is 4. The van der Waals surface area contributed by atoms with Gasteiger partial charge in [0.25, 0.3) is 0 Å². The Hall–Kier alpha value is -5.81. The van der Waals surface area contributed by atoms with Crippen molar-refractivity contribution in [3.8, 4) is 5.95 Å². The molecule has 0 fully saturated rings. The normalized spacial score (nSPS) is 12.3. The van der Waals surface area contributed by atoms with Gasteiger partial charge in [-0.2, -0.15) is 0 Å². The third-order valence-electron chi connectivity index (χ3n) is 8.66. The van der Waals surface area contributed by atoms with Crippen molar-refractivity contribution >= 4 is 87.1 Å². The summed E-state index contributed by atoms with van der Waals surface area (Å²) in [6, 6.07) is 37.9. The van der Waals surface area contributed by atoms with Crippen molar-refractivity contribution in [2.45, 2.75) is 0 Å². The Labute approximate surface area is 238 Å². The lowest BCUT2D eigenvalue weighted by molar-refractivity contribution is 0.672. The Balaban J connectivity index is 1.46. The van der Waals surface area contributed by atoms with Gasteiger partial charge < -0.3 is 4.42 Å². The highest BCUT2D eigenvalue weighted by Gasteiger charge is 2.24. The van der Waals surface area contributed by atoms with Crippen molar-refractivity contribution < 1.29 is 4.42 Å². The lowest BCUT2D eigenvalue weighted by atomic mass is 9.98. The zero-order chi connectivity index (χ0) is 27.4. The number of hydrogen-bond donors (Lipinski definition) is 0. The summed E-state index contributed by atoms with van der Waals surface area (Å²) >= 11 is 0. The van der Waals surface area contributed by atoms with Crippen molar-refractivity contribution in [2.75, 3.05) is 0 Å². The third-order valence-corrected chi connectivity index (χ3v) is 8.66. The van der Waals surface area contributed by atoms with Gasteiger partial charge in [-0.1, -0.05) is 91.0 Å². The SMILES string of the molecule is c1ccc2c(c1)oc1c3ncccc3c3c4ccccc4n(-c4ncc5c6ccccc6c6ccccc6c5n4)c3c21. The second kappa shape index (κ2) is 7.89. The van der Waals surface area contributed by atoms with Gasteiger partial charge in [0.2, 0.25) is 5.95 Å². The highest BCUT2D eigenvalue weighted by Crippen LogP contribution is 2.45. The average molecular weight is 537 g/mol. The maximum Gasteiger partial charge on any atom is 0.235 e. The van der Waals surface area contributed by atoms with Gasteiger partial charge in [0, 0.05) is 44.7 Å². The second-order valence-corrected chi connectivity index (χ2v) is 10.8. The maximum absolute atomic E-state index is 6.52. The van der Waals surface area contributed by atoms with Crippen LogP contribution in [0.2, 0.25) is 0 Å². The minimum atomic E-state index is 0.629. The summed E-state index contributed by atoms with van der Waals surface area (Å²) < 4.78 is 8.73. The summed E-state index contributed by atoms with van der Waals surface area (Å²) in [6.07, 6.45) is 3.82. The average Bonchev–Trinajstić information content (AvgIpc) is 3.61. The molecule has 0 aliphatic carbocycles. The monoisotopic (exact) mass is 536 g/mol. The second-order valence-electron chi connectivity index (χ2n) is 10.8. The van der Waals surface area contributed by atoms with Crippen LogP contribution < -0.4 is 0 Å². The predicted molar refractivity (Wildman–Crippen MR) is 171 cm³/mol. The molecule has 0 amide bonds. The molecule has 194 valence electrons. The van der Waals surface area contributed by atoms with Gasteiger partial charge in [-0.3, -0.25) is 9.55 Å². The van der Waals surface area contributed by atoms with Crippen molar-refractivity contribution in [3.63, 3.8) is 0 Å². The Morgan fingerprint density at radius 1 is 0.500 bits per heavy atom. The number of benzene rings is 6. The summed E-state index contributed by atoms with van der Waals surface area (Å²) in [7, 11) is 0. The van der Waals surface area contributed by atoms with E-state index in [0.29, 0.717) is 5.95 Å². The van der Waals surface area contributed by atoms with E-state index in [9.17, 15) is 0 Å². The molecule has 42 heavy (non-hydrogen) atoms. The Bertz CT molecular complexity index is 2720. The van der Waals surface area contributed by atoms with Crippen molar-refractivity contribution in [2.24, 2.45) is 0 Å². The van der Waals surface area contributed by atoms with E-state index in [2.05, 4.69) is 95.6 Å². The summed E-state index contributed by atoms with van der Waals surface area (Å²) in [4.78, 5) is 15.2. The third kappa shape index (κ3) is 2.70. The van der Waals surface area contributed by atoms with Gasteiger partial charge in [0.1, 0.15) is 11.1 Å². The van der Waals surface area contributed by atoms with E-state index < -0.39 is 0 Å². The molecule has 4 aromatic heterocycles. The molecule has 0 saturated heterocycles. The number of rotatable bonds is 1. The van der Waals surface area contributed by atoms with Crippen LogP contribution >= 0.6 is 0 Å². The first-order valence-corrected chi connectivity index (χ1v) is 14.0. The molecule has 0 N–H and O–H groups in total. The van der Waals surface area contributed by atoms with E-state index in [1.807, 2.05) is 30.6 Å². The maximum atomic E-state index is 6.52. The highest BCUT2D eigenvalue weighted by atomic mass is 16.3. The number of fused-ring (bicyclic) bond motifs is 16. The van der Waals surface area contributed by atoms with E-state index in [0.717, 1.165) is 76.3 Å². The molecule has 0 unspecified atom stereocenters. The Kier molecular flexibility index (Phi) is 4.12. The molecule has 10 aromatic rings. The quantitative estimate of drug-likeness (QED) is 0.196. The fourth-order valence-electron chi connectivity index (χ4n) is 6.95. The lowest BCUT2D eigenvalue weighted by Gasteiger charge is -2.12. The Morgan fingerprint density at radius 3 is 1.98 bits per heavy atom. The Morgan fingerprint density at radius 2 is 1.14 bits per heavy atom. The highest BCUT2D eigenvalue weighted by molar-refractivity contribution is 6.34. The molecular weight excluding hydrogens is 516 g/mol. The van der Waals surface area contributed by atoms with Crippen molar-refractivity contribution in [1.82, 2.24) is 19.5 Å². The molecule has 0 bridgehead atoms. The van der Waals surface area contributed by atoms with Crippen LogP contribution in [0.5, 0.6) is 0 Å². The van der Waals surface area contributed by atoms with Crippen LogP contribution in [0.3, 0.4) is 0 Å². The first kappa shape index (κ1) is 21.9. The molecule has 4 heterocycles. The van der Waals surface area contributed by atoms with Crippen LogP contribution in [0, 0.1) is 0 Å². The first-order valence-electron chi connectivity index (χ1n) is 14.0. The fraction of sp³-hybridized carbons (Fsp3) is 0. The van der Waals surface area contributed by atoms with Gasteiger partial charge in [-0.15, -0.1) is 0 Å². The van der Waals surface area contributed by atoms with Gasteiger partial charge in [-0.25, -0.2) is 9.97 Å². The minimum Gasteiger partial charge on any atom is -0.454 e. The van der Waals surface area contributed by atoms with Crippen LogP contribution in [0.25, 0.3) is 93.0 Å². The van der Waals surface area contributed by atoms with Crippen LogP contribution in [0.15, 0.2) is 126 Å². The lowest BCUT2D eigenvalue weighted by Crippen LogP contribution is -2.02. The van der Waals surface area contributed by atoms with Crippen LogP contribution in [-0.2, 0) is 0 Å². The molecule has 0 spiro atoms. The number of nitrogens with zero attached hydrogens (tertiary/aromatic N) is 4. The molecule has 0 atom stereocenters. The van der Waals surface area contributed by atoms with Gasteiger partial charge in [0.05, 0.1) is 21.9 Å². The van der Waals surface area contributed by atoms with E-state index in [1.54, 1.807) is 0 Å². The van der Waals surface area contributed by atoms with E-state index in [-0.39, 0.29) is 0 Å². The molecule has 5 heteroatoms. The number of aromatic nitrogens is 4. The van der Waals surface area contributed by atoms with Gasteiger partial charge in [0.15, 0.2) is 5.58 Å². The summed E-state index contributed by atoms with van der Waals surface area (Å²) in [5, 5.41) is 11.1. The summed E-state index contributed by atoms with van der Waals surface area (Å²) in [6.45, 7) is 0. The zero-order valence-corrected chi connectivity index (χ0v) is 22.2. The molecule has 10 rings (SSSR count). The van der Waals surface area contributed by atoms with E-state index >= 15 is 0 Å². The molecule has 5 nitrogen and oxygen atoms in total. The van der Waals surface area contributed by atoms with Crippen molar-refractivity contribution in [3.05, 3.63) is 122 Å². The fourth-order valence-corrected chi connectivity index (χ4v) is 6.95. The van der Waals surface area contributed by atoms with E-state index in [4.69, 9.17) is 19.4 Å². The van der Waals surface area contributed by atoms with Crippen LogP contribution in [0.4, 0.5) is 0 Å². The summed E-state index contributed by atoms with van der Waals surface area (Å²) in [5.74, 6) is 0.629. The smallest absolute Gasteiger partial charge is 0.235 e. The summed E-state index contributed by atoms with van der Waals surface area (Å²) in [5.41, 5.74) is 5.48. The largest absolute Gasteiger partial charge is 0.454 e. The molecule has 0 radical (unpaired) electrons. The molecule has 0 saturated carbocycles. The van der Waals surface area contributed by atoms with Crippen LogP contribution in [-0.4, -0.2) is 19.5 Å². The van der Waals surface area contributed by atoms with Gasteiger partial charge in [-0.05, 0) is 34.4 Å². The minimum absolute atomic E-state index is 0.629. The zero-order valence-electron chi connectivity index (χ0n) is 22.2. The van der Waals surface area contributed by atoms with Crippen molar-refractivity contribution in [1.29, 1.82) is 0 Å². The number of para-hydroxylation sites is 2. The first-order chi connectivity index (χ1) is 20.9. The topological polar surface area (TPSA) is 56.7 Å². The van der Waals surface area contributed by atoms with Gasteiger partial charge >= 0.3 is 0 Å². The number of furan rings is 1. The molecular formula is C37H20N4O. The predicted octanol–water partition coefficient (Wildman–Crippen LogP) is 9.48.